The van der Waals surface area contributed by atoms with Gasteiger partial charge in [-0.25, -0.2) is 0 Å². The van der Waals surface area contributed by atoms with E-state index in [0.717, 1.165) is 13.2 Å². The van der Waals surface area contributed by atoms with Gasteiger partial charge in [0.15, 0.2) is 0 Å². The Morgan fingerprint density at radius 3 is 2.86 bits per heavy atom. The molecule has 0 aliphatic carbocycles. The summed E-state index contributed by atoms with van der Waals surface area (Å²) >= 11 is 2.30. The molecule has 1 heterocycles. The summed E-state index contributed by atoms with van der Waals surface area (Å²) in [6, 6.07) is 0. The smallest absolute Gasteiger partial charge is 0.0895 e. The highest BCUT2D eigenvalue weighted by atomic mass is 127. The van der Waals surface area contributed by atoms with Gasteiger partial charge in [-0.15, -0.1) is 0 Å². The minimum absolute atomic E-state index is 0.589. The van der Waals surface area contributed by atoms with Crippen molar-refractivity contribution in [3.63, 3.8) is 0 Å². The number of halogens is 1. The lowest BCUT2D eigenvalue weighted by Gasteiger charge is -2.08. The molecule has 0 aliphatic heterocycles. The SMILES string of the molecule is CCn1ncc(I)c1COCC(C)C. The van der Waals surface area contributed by atoms with E-state index >= 15 is 0 Å². The van der Waals surface area contributed by atoms with Gasteiger partial charge in [-0.3, -0.25) is 4.68 Å². The Morgan fingerprint density at radius 2 is 2.29 bits per heavy atom. The molecule has 1 rings (SSSR count). The van der Waals surface area contributed by atoms with Gasteiger partial charge >= 0.3 is 0 Å². The molecule has 0 saturated carbocycles. The van der Waals surface area contributed by atoms with Crippen LogP contribution >= 0.6 is 22.6 Å². The average Bonchev–Trinajstić information content (AvgIpc) is 2.47. The van der Waals surface area contributed by atoms with Crippen LogP contribution in [0.5, 0.6) is 0 Å². The first-order valence-corrected chi connectivity index (χ1v) is 6.01. The third-order valence-electron chi connectivity index (χ3n) is 1.89. The molecule has 4 heteroatoms. The second-order valence-electron chi connectivity index (χ2n) is 3.66. The van der Waals surface area contributed by atoms with Crippen LogP contribution in [0.1, 0.15) is 26.5 Å². The Kier molecular flexibility index (Phi) is 4.88. The first-order valence-electron chi connectivity index (χ1n) is 4.93. The quantitative estimate of drug-likeness (QED) is 0.782. The maximum Gasteiger partial charge on any atom is 0.0895 e. The molecular weight excluding hydrogens is 291 g/mol. The molecule has 0 aliphatic rings. The highest BCUT2D eigenvalue weighted by Gasteiger charge is 2.07. The Labute approximate surface area is 99.0 Å². The zero-order valence-electron chi connectivity index (χ0n) is 8.96. The summed E-state index contributed by atoms with van der Waals surface area (Å²) in [5.41, 5.74) is 1.19. The molecule has 0 saturated heterocycles. The van der Waals surface area contributed by atoms with E-state index in [-0.39, 0.29) is 0 Å². The number of ether oxygens (including phenoxy) is 1. The highest BCUT2D eigenvalue weighted by Crippen LogP contribution is 2.13. The van der Waals surface area contributed by atoms with Crippen molar-refractivity contribution in [2.24, 2.45) is 5.92 Å². The second kappa shape index (κ2) is 5.70. The van der Waals surface area contributed by atoms with Gasteiger partial charge in [0.25, 0.3) is 0 Å². The molecule has 0 aromatic carbocycles. The van der Waals surface area contributed by atoms with Gasteiger partial charge in [0, 0.05) is 13.2 Å². The maximum absolute atomic E-state index is 5.60. The molecule has 0 radical (unpaired) electrons. The Morgan fingerprint density at radius 1 is 1.57 bits per heavy atom. The lowest BCUT2D eigenvalue weighted by Crippen LogP contribution is -2.08. The molecule has 80 valence electrons. The molecule has 1 aromatic rings. The number of rotatable bonds is 5. The zero-order chi connectivity index (χ0) is 10.6. The molecule has 0 N–H and O–H groups in total. The molecule has 3 nitrogen and oxygen atoms in total. The fourth-order valence-electron chi connectivity index (χ4n) is 1.20. The van der Waals surface area contributed by atoms with Gasteiger partial charge < -0.3 is 4.74 Å². The van der Waals surface area contributed by atoms with E-state index in [0.29, 0.717) is 12.5 Å². The Bertz CT molecular complexity index is 284. The molecule has 0 spiro atoms. The van der Waals surface area contributed by atoms with E-state index in [1.165, 1.54) is 9.26 Å². The maximum atomic E-state index is 5.60. The van der Waals surface area contributed by atoms with Crippen LogP contribution < -0.4 is 0 Å². The predicted molar refractivity (Wildman–Crippen MR) is 65.1 cm³/mol. The third-order valence-corrected chi connectivity index (χ3v) is 2.79. The lowest BCUT2D eigenvalue weighted by atomic mass is 10.2. The van der Waals surface area contributed by atoms with Crippen LogP contribution in [0, 0.1) is 9.49 Å². The molecular formula is C10H17IN2O. The average molecular weight is 308 g/mol. The standard InChI is InChI=1S/C10H17IN2O/c1-4-13-10(9(11)5-12-13)7-14-6-8(2)3/h5,8H,4,6-7H2,1-3H3. The van der Waals surface area contributed by atoms with Gasteiger partial charge in [-0.2, -0.15) is 5.10 Å². The van der Waals surface area contributed by atoms with Crippen molar-refractivity contribution >= 4 is 22.6 Å². The van der Waals surface area contributed by atoms with E-state index in [9.17, 15) is 0 Å². The summed E-state index contributed by atoms with van der Waals surface area (Å²) < 4.78 is 8.77. The zero-order valence-corrected chi connectivity index (χ0v) is 11.1. The van der Waals surface area contributed by atoms with Crippen LogP contribution in [0.2, 0.25) is 0 Å². The second-order valence-corrected chi connectivity index (χ2v) is 4.83. The van der Waals surface area contributed by atoms with E-state index in [4.69, 9.17) is 4.74 Å². The number of nitrogens with zero attached hydrogens (tertiary/aromatic N) is 2. The lowest BCUT2D eigenvalue weighted by molar-refractivity contribution is 0.0916. The van der Waals surface area contributed by atoms with Crippen LogP contribution in [0.15, 0.2) is 6.20 Å². The predicted octanol–water partition coefficient (Wildman–Crippen LogP) is 2.68. The summed E-state index contributed by atoms with van der Waals surface area (Å²) in [4.78, 5) is 0. The summed E-state index contributed by atoms with van der Waals surface area (Å²) in [5.74, 6) is 0.589. The van der Waals surface area contributed by atoms with Crippen LogP contribution in [-0.2, 0) is 17.9 Å². The minimum Gasteiger partial charge on any atom is -0.375 e. The van der Waals surface area contributed by atoms with Crippen LogP contribution in [0.25, 0.3) is 0 Å². The number of hydrogen-bond acceptors (Lipinski definition) is 2. The first kappa shape index (κ1) is 12.0. The van der Waals surface area contributed by atoms with Gasteiger partial charge in [-0.05, 0) is 35.4 Å². The molecule has 14 heavy (non-hydrogen) atoms. The van der Waals surface area contributed by atoms with Crippen molar-refractivity contribution < 1.29 is 4.74 Å². The van der Waals surface area contributed by atoms with Crippen molar-refractivity contribution in [1.29, 1.82) is 0 Å². The van der Waals surface area contributed by atoms with Crippen LogP contribution in [-0.4, -0.2) is 16.4 Å². The van der Waals surface area contributed by atoms with Gasteiger partial charge in [0.05, 0.1) is 22.1 Å². The first-order chi connectivity index (χ1) is 6.65. The normalized spacial score (nSPS) is 11.2. The fourth-order valence-corrected chi connectivity index (χ4v) is 1.75. The number of hydrogen-bond donors (Lipinski definition) is 0. The van der Waals surface area contributed by atoms with Crippen molar-refractivity contribution in [2.45, 2.75) is 33.9 Å². The number of aromatic nitrogens is 2. The van der Waals surface area contributed by atoms with Crippen LogP contribution in [0.3, 0.4) is 0 Å². The van der Waals surface area contributed by atoms with Gasteiger partial charge in [-0.1, -0.05) is 13.8 Å². The third kappa shape index (κ3) is 3.24. The van der Waals surface area contributed by atoms with Crippen molar-refractivity contribution in [2.75, 3.05) is 6.61 Å². The summed E-state index contributed by atoms with van der Waals surface area (Å²) in [5, 5.41) is 4.26. The van der Waals surface area contributed by atoms with Gasteiger partial charge in [0.2, 0.25) is 0 Å². The fraction of sp³-hybridized carbons (Fsp3) is 0.700. The molecule has 0 unspecified atom stereocenters. The van der Waals surface area contributed by atoms with E-state index in [2.05, 4.69) is 48.5 Å². The van der Waals surface area contributed by atoms with E-state index < -0.39 is 0 Å². The van der Waals surface area contributed by atoms with E-state index in [1.807, 2.05) is 10.9 Å². The molecule has 1 aromatic heterocycles. The largest absolute Gasteiger partial charge is 0.375 e. The summed E-state index contributed by atoms with van der Waals surface area (Å²) in [7, 11) is 0. The Balaban J connectivity index is 2.52. The van der Waals surface area contributed by atoms with Gasteiger partial charge in [0.1, 0.15) is 0 Å². The minimum atomic E-state index is 0.589. The molecule has 0 fully saturated rings. The highest BCUT2D eigenvalue weighted by molar-refractivity contribution is 14.1. The topological polar surface area (TPSA) is 27.1 Å². The van der Waals surface area contributed by atoms with Crippen molar-refractivity contribution in [3.8, 4) is 0 Å². The molecule has 0 bridgehead atoms. The van der Waals surface area contributed by atoms with Crippen molar-refractivity contribution in [1.82, 2.24) is 9.78 Å². The number of aryl methyl sites for hydroxylation is 1. The summed E-state index contributed by atoms with van der Waals surface area (Å²) in [6.07, 6.45) is 1.89. The monoisotopic (exact) mass is 308 g/mol. The van der Waals surface area contributed by atoms with Crippen molar-refractivity contribution in [3.05, 3.63) is 15.5 Å². The molecule has 0 atom stereocenters. The summed E-state index contributed by atoms with van der Waals surface area (Å²) in [6.45, 7) is 8.79. The van der Waals surface area contributed by atoms with E-state index in [1.54, 1.807) is 0 Å². The van der Waals surface area contributed by atoms with Crippen LogP contribution in [0.4, 0.5) is 0 Å². The Hall–Kier alpha value is -0.100. The molecule has 0 amide bonds.